The molecule has 0 aliphatic carbocycles. The molecule has 0 bridgehead atoms. The van der Waals surface area contributed by atoms with Crippen molar-refractivity contribution < 1.29 is 9.59 Å². The van der Waals surface area contributed by atoms with Crippen LogP contribution in [0.25, 0.3) is 0 Å². The molecule has 6 nitrogen and oxygen atoms in total. The number of amides is 2. The first-order chi connectivity index (χ1) is 10.7. The summed E-state index contributed by atoms with van der Waals surface area (Å²) in [4.78, 5) is 31.8. The first-order valence-corrected chi connectivity index (χ1v) is 7.99. The number of nitrogens with one attached hydrogen (secondary N) is 2. The van der Waals surface area contributed by atoms with E-state index in [2.05, 4.69) is 27.5 Å². The minimum Gasteiger partial charge on any atom is -0.341 e. The van der Waals surface area contributed by atoms with Gasteiger partial charge in [-0.3, -0.25) is 14.6 Å². The molecule has 2 heterocycles. The smallest absolute Gasteiger partial charge is 0.280 e. The lowest BCUT2D eigenvalue weighted by molar-refractivity contribution is -0.115. The fourth-order valence-corrected chi connectivity index (χ4v) is 2.53. The lowest BCUT2D eigenvalue weighted by atomic mass is 10.2. The number of thiazole rings is 1. The molecule has 2 rings (SSSR count). The molecule has 0 aliphatic rings. The highest BCUT2D eigenvalue weighted by Crippen LogP contribution is 2.12. The molecule has 116 valence electrons. The number of unbranched alkanes of at least 4 members (excludes halogenated alkanes) is 1. The van der Waals surface area contributed by atoms with E-state index >= 15 is 0 Å². The van der Waals surface area contributed by atoms with E-state index in [-0.39, 0.29) is 18.4 Å². The summed E-state index contributed by atoms with van der Waals surface area (Å²) in [6.07, 6.45) is 6.18. The predicted octanol–water partition coefficient (Wildman–Crippen LogP) is 2.25. The maximum atomic E-state index is 11.9. The normalized spacial score (nSPS) is 10.2. The third kappa shape index (κ3) is 4.92. The van der Waals surface area contributed by atoms with E-state index in [1.165, 1.54) is 11.3 Å². The van der Waals surface area contributed by atoms with Gasteiger partial charge in [0.15, 0.2) is 5.01 Å². The van der Waals surface area contributed by atoms with Crippen LogP contribution in [0.2, 0.25) is 0 Å². The fourth-order valence-electron chi connectivity index (χ4n) is 1.76. The molecule has 2 aromatic heterocycles. The molecule has 2 N–H and O–H groups in total. The Morgan fingerprint density at radius 1 is 1.36 bits per heavy atom. The second-order valence-electron chi connectivity index (χ2n) is 4.72. The van der Waals surface area contributed by atoms with Crippen LogP contribution in [0, 0.1) is 0 Å². The van der Waals surface area contributed by atoms with Crippen molar-refractivity contribution in [1.29, 1.82) is 0 Å². The van der Waals surface area contributed by atoms with Crippen molar-refractivity contribution in [3.8, 4) is 0 Å². The van der Waals surface area contributed by atoms with Crippen LogP contribution in [-0.2, 0) is 11.2 Å². The van der Waals surface area contributed by atoms with Gasteiger partial charge in [-0.15, -0.1) is 11.3 Å². The summed E-state index contributed by atoms with van der Waals surface area (Å²) in [5.74, 6) is -0.627. The maximum Gasteiger partial charge on any atom is 0.280 e. The van der Waals surface area contributed by atoms with Crippen LogP contribution in [-0.4, -0.2) is 28.3 Å². The molecule has 0 saturated carbocycles. The standard InChI is InChI=1S/C15H18N4O2S/c1-2-3-5-12-10-22-15(19-12)14(21)17-9-13(20)18-11-6-4-7-16-8-11/h4,6-8,10H,2-3,5,9H2,1H3,(H,17,21)(H,18,20). The van der Waals surface area contributed by atoms with Gasteiger partial charge in [-0.05, 0) is 25.0 Å². The van der Waals surface area contributed by atoms with Gasteiger partial charge in [0.1, 0.15) is 0 Å². The van der Waals surface area contributed by atoms with Crippen LogP contribution in [0.4, 0.5) is 5.69 Å². The van der Waals surface area contributed by atoms with Gasteiger partial charge >= 0.3 is 0 Å². The molecular weight excluding hydrogens is 300 g/mol. The lowest BCUT2D eigenvalue weighted by Crippen LogP contribution is -2.32. The van der Waals surface area contributed by atoms with Crippen molar-refractivity contribution in [2.75, 3.05) is 11.9 Å². The van der Waals surface area contributed by atoms with Gasteiger partial charge in [-0.1, -0.05) is 13.3 Å². The van der Waals surface area contributed by atoms with Crippen molar-refractivity contribution in [1.82, 2.24) is 15.3 Å². The molecule has 0 aromatic carbocycles. The van der Waals surface area contributed by atoms with Gasteiger partial charge in [0.25, 0.3) is 5.91 Å². The summed E-state index contributed by atoms with van der Waals surface area (Å²) in [6.45, 7) is 2.01. The van der Waals surface area contributed by atoms with Gasteiger partial charge < -0.3 is 10.6 Å². The molecule has 0 saturated heterocycles. The number of nitrogens with zero attached hydrogens (tertiary/aromatic N) is 2. The van der Waals surface area contributed by atoms with Crippen LogP contribution >= 0.6 is 11.3 Å². The maximum absolute atomic E-state index is 11.9. The topological polar surface area (TPSA) is 84.0 Å². The zero-order valence-electron chi connectivity index (χ0n) is 12.3. The molecule has 2 aromatic rings. The van der Waals surface area contributed by atoms with Crippen LogP contribution in [0.15, 0.2) is 29.9 Å². The van der Waals surface area contributed by atoms with E-state index in [4.69, 9.17) is 0 Å². The Hall–Kier alpha value is -2.28. The number of carbonyl (C=O) groups is 2. The Morgan fingerprint density at radius 3 is 2.95 bits per heavy atom. The number of hydrogen-bond acceptors (Lipinski definition) is 5. The minimum atomic E-state index is -0.325. The Balaban J connectivity index is 1.79. The third-order valence-corrected chi connectivity index (χ3v) is 3.78. The van der Waals surface area contributed by atoms with Gasteiger partial charge in [0.05, 0.1) is 24.1 Å². The Labute approximate surface area is 133 Å². The van der Waals surface area contributed by atoms with E-state index in [9.17, 15) is 9.59 Å². The van der Waals surface area contributed by atoms with Crippen molar-refractivity contribution >= 4 is 28.8 Å². The van der Waals surface area contributed by atoms with E-state index in [0.717, 1.165) is 25.0 Å². The summed E-state index contributed by atoms with van der Waals surface area (Å²) < 4.78 is 0. The number of anilines is 1. The van der Waals surface area contributed by atoms with Gasteiger partial charge in [-0.2, -0.15) is 0 Å². The Kier molecular flexibility index (Phi) is 6.02. The first kappa shape index (κ1) is 16.1. The second kappa shape index (κ2) is 8.23. The number of carbonyl (C=O) groups excluding carboxylic acids is 2. The molecule has 0 atom stereocenters. The monoisotopic (exact) mass is 318 g/mol. The van der Waals surface area contributed by atoms with Crippen LogP contribution in [0.5, 0.6) is 0 Å². The molecule has 0 unspecified atom stereocenters. The number of pyridine rings is 1. The highest BCUT2D eigenvalue weighted by Gasteiger charge is 2.12. The quantitative estimate of drug-likeness (QED) is 0.820. The number of aromatic nitrogens is 2. The summed E-state index contributed by atoms with van der Waals surface area (Å²) in [5, 5.41) is 7.49. The SMILES string of the molecule is CCCCc1csc(C(=O)NCC(=O)Nc2cccnc2)n1. The molecule has 0 radical (unpaired) electrons. The summed E-state index contributed by atoms with van der Waals surface area (Å²) >= 11 is 1.30. The number of rotatable bonds is 7. The average molecular weight is 318 g/mol. The van der Waals surface area contributed by atoms with E-state index in [0.29, 0.717) is 10.7 Å². The van der Waals surface area contributed by atoms with Crippen molar-refractivity contribution in [3.63, 3.8) is 0 Å². The summed E-state index contributed by atoms with van der Waals surface area (Å²) in [6, 6.07) is 3.45. The molecule has 22 heavy (non-hydrogen) atoms. The molecule has 0 fully saturated rings. The van der Waals surface area contributed by atoms with E-state index < -0.39 is 0 Å². The molecule has 0 spiro atoms. The van der Waals surface area contributed by atoms with Crippen LogP contribution in [0.1, 0.15) is 35.3 Å². The highest BCUT2D eigenvalue weighted by atomic mass is 32.1. The largest absolute Gasteiger partial charge is 0.341 e. The first-order valence-electron chi connectivity index (χ1n) is 7.11. The fraction of sp³-hybridized carbons (Fsp3) is 0.333. The van der Waals surface area contributed by atoms with Gasteiger partial charge in [0.2, 0.25) is 5.91 Å². The number of hydrogen-bond donors (Lipinski definition) is 2. The Morgan fingerprint density at radius 2 is 2.23 bits per heavy atom. The highest BCUT2D eigenvalue weighted by molar-refractivity contribution is 7.11. The van der Waals surface area contributed by atoms with E-state index in [1.807, 2.05) is 5.38 Å². The lowest BCUT2D eigenvalue weighted by Gasteiger charge is -2.05. The van der Waals surface area contributed by atoms with Gasteiger partial charge in [-0.25, -0.2) is 4.98 Å². The summed E-state index contributed by atoms with van der Waals surface area (Å²) in [7, 11) is 0. The van der Waals surface area contributed by atoms with Crippen molar-refractivity contribution in [3.05, 3.63) is 40.6 Å². The zero-order chi connectivity index (χ0) is 15.8. The predicted molar refractivity (Wildman–Crippen MR) is 85.9 cm³/mol. The summed E-state index contributed by atoms with van der Waals surface area (Å²) in [5.41, 5.74) is 1.52. The van der Waals surface area contributed by atoms with Crippen molar-refractivity contribution in [2.24, 2.45) is 0 Å². The van der Waals surface area contributed by atoms with Crippen LogP contribution < -0.4 is 10.6 Å². The number of aryl methyl sites for hydroxylation is 1. The van der Waals surface area contributed by atoms with E-state index in [1.54, 1.807) is 24.5 Å². The van der Waals surface area contributed by atoms with Crippen molar-refractivity contribution in [2.45, 2.75) is 26.2 Å². The average Bonchev–Trinajstić information content (AvgIpc) is 3.00. The zero-order valence-corrected chi connectivity index (χ0v) is 13.2. The Bertz CT molecular complexity index is 627. The molecular formula is C15H18N4O2S. The minimum absolute atomic E-state index is 0.0996. The molecule has 7 heteroatoms. The molecule has 0 aliphatic heterocycles. The second-order valence-corrected chi connectivity index (χ2v) is 5.58. The molecule has 2 amide bonds. The van der Waals surface area contributed by atoms with Gasteiger partial charge in [0, 0.05) is 11.6 Å². The third-order valence-electron chi connectivity index (χ3n) is 2.89. The van der Waals surface area contributed by atoms with Crippen LogP contribution in [0.3, 0.4) is 0 Å².